The Morgan fingerprint density at radius 2 is 1.96 bits per heavy atom. The minimum atomic E-state index is 0.00446. The quantitative estimate of drug-likeness (QED) is 0.731. The van der Waals surface area contributed by atoms with E-state index >= 15 is 0 Å². The first-order valence-electron chi connectivity index (χ1n) is 8.41. The molecule has 0 bridgehead atoms. The highest BCUT2D eigenvalue weighted by atomic mass is 16.5. The van der Waals surface area contributed by atoms with Crippen LogP contribution in [0.2, 0.25) is 0 Å². The molecule has 134 valence electrons. The van der Waals surface area contributed by atoms with Gasteiger partial charge in [0, 0.05) is 30.6 Å². The Labute approximate surface area is 152 Å². The second-order valence-electron chi connectivity index (χ2n) is 6.33. The van der Waals surface area contributed by atoms with E-state index in [9.17, 15) is 4.79 Å². The summed E-state index contributed by atoms with van der Waals surface area (Å²) < 4.78 is 7.63. The Bertz CT molecular complexity index is 887. The Morgan fingerprint density at radius 1 is 1.19 bits per heavy atom. The summed E-state index contributed by atoms with van der Waals surface area (Å²) in [7, 11) is 0. The smallest absolute Gasteiger partial charge is 0.224 e. The number of carbonyl (C=O) groups is 1. The number of amides is 1. The number of nitrogens with one attached hydrogen (secondary N) is 1. The van der Waals surface area contributed by atoms with Crippen LogP contribution in [-0.4, -0.2) is 25.4 Å². The number of benzene rings is 1. The molecular weight excluding hydrogens is 330 g/mol. The van der Waals surface area contributed by atoms with Gasteiger partial charge in [0.25, 0.3) is 0 Å². The summed E-state index contributed by atoms with van der Waals surface area (Å²) in [6, 6.07) is 8.92. The molecule has 7 heteroatoms. The standard InChI is InChI=1S/C19H21N5O2/c1-13(2)10-18(25)23-15-4-6-16(7-5-15)26-19-11-17(21-12-22-19)24-9-8-20-14(24)3/h4-9,11-13H,10H2,1-3H3,(H,23,25). The van der Waals surface area contributed by atoms with Crippen LogP contribution in [-0.2, 0) is 4.79 Å². The molecule has 0 atom stereocenters. The van der Waals surface area contributed by atoms with Gasteiger partial charge in [-0.05, 0) is 37.1 Å². The molecular formula is C19H21N5O2. The molecule has 3 rings (SSSR count). The van der Waals surface area contributed by atoms with Crippen LogP contribution in [0.15, 0.2) is 49.1 Å². The third-order valence-electron chi connectivity index (χ3n) is 3.65. The Kier molecular flexibility index (Phi) is 5.26. The predicted molar refractivity (Wildman–Crippen MR) is 98.5 cm³/mol. The van der Waals surface area contributed by atoms with Crippen LogP contribution in [0.4, 0.5) is 5.69 Å². The van der Waals surface area contributed by atoms with E-state index in [0.717, 1.165) is 11.5 Å². The maximum Gasteiger partial charge on any atom is 0.224 e. The van der Waals surface area contributed by atoms with Gasteiger partial charge in [0.2, 0.25) is 11.8 Å². The lowest BCUT2D eigenvalue weighted by atomic mass is 10.1. The number of hydrogen-bond acceptors (Lipinski definition) is 5. The molecule has 0 spiro atoms. The molecule has 2 aromatic heterocycles. The topological polar surface area (TPSA) is 81.9 Å². The van der Waals surface area contributed by atoms with E-state index in [1.54, 1.807) is 36.5 Å². The van der Waals surface area contributed by atoms with Gasteiger partial charge >= 0.3 is 0 Å². The highest BCUT2D eigenvalue weighted by molar-refractivity contribution is 5.90. The third-order valence-corrected chi connectivity index (χ3v) is 3.65. The van der Waals surface area contributed by atoms with Crippen molar-refractivity contribution in [3.63, 3.8) is 0 Å². The molecule has 1 aromatic carbocycles. The molecule has 2 heterocycles. The molecule has 26 heavy (non-hydrogen) atoms. The average molecular weight is 351 g/mol. The zero-order valence-corrected chi connectivity index (χ0v) is 15.0. The van der Waals surface area contributed by atoms with E-state index in [0.29, 0.717) is 29.8 Å². The number of rotatable bonds is 6. The molecule has 1 amide bonds. The maximum absolute atomic E-state index is 11.8. The molecule has 7 nitrogen and oxygen atoms in total. The lowest BCUT2D eigenvalue weighted by Crippen LogP contribution is -2.13. The number of ether oxygens (including phenoxy) is 1. The zero-order valence-electron chi connectivity index (χ0n) is 15.0. The number of carbonyl (C=O) groups excluding carboxylic acids is 1. The van der Waals surface area contributed by atoms with Crippen molar-refractivity contribution in [3.05, 3.63) is 54.9 Å². The minimum absolute atomic E-state index is 0.00446. The van der Waals surface area contributed by atoms with Gasteiger partial charge in [0.05, 0.1) is 0 Å². The van der Waals surface area contributed by atoms with Gasteiger partial charge in [-0.25, -0.2) is 15.0 Å². The summed E-state index contributed by atoms with van der Waals surface area (Å²) in [5.74, 6) is 2.89. The van der Waals surface area contributed by atoms with E-state index < -0.39 is 0 Å². The van der Waals surface area contributed by atoms with Crippen molar-refractivity contribution in [2.75, 3.05) is 5.32 Å². The maximum atomic E-state index is 11.8. The first-order chi connectivity index (χ1) is 12.5. The number of anilines is 1. The second-order valence-corrected chi connectivity index (χ2v) is 6.33. The summed E-state index contributed by atoms with van der Waals surface area (Å²) in [6.45, 7) is 5.92. The van der Waals surface area contributed by atoms with Crippen LogP contribution in [0.1, 0.15) is 26.1 Å². The van der Waals surface area contributed by atoms with Gasteiger partial charge in [0.1, 0.15) is 23.7 Å². The van der Waals surface area contributed by atoms with Crippen LogP contribution in [0, 0.1) is 12.8 Å². The summed E-state index contributed by atoms with van der Waals surface area (Å²) in [5, 5.41) is 2.87. The summed E-state index contributed by atoms with van der Waals surface area (Å²) in [5.41, 5.74) is 0.736. The number of hydrogen-bond donors (Lipinski definition) is 1. The Morgan fingerprint density at radius 3 is 2.62 bits per heavy atom. The first kappa shape index (κ1) is 17.6. The molecule has 0 aliphatic rings. The SMILES string of the molecule is Cc1nccn1-c1cc(Oc2ccc(NC(=O)CC(C)C)cc2)ncn1. The highest BCUT2D eigenvalue weighted by Gasteiger charge is 2.07. The molecule has 0 fully saturated rings. The summed E-state index contributed by atoms with van der Waals surface area (Å²) in [4.78, 5) is 24.4. The van der Waals surface area contributed by atoms with Crippen molar-refractivity contribution in [3.8, 4) is 17.4 Å². The van der Waals surface area contributed by atoms with E-state index in [-0.39, 0.29) is 5.91 Å². The van der Waals surface area contributed by atoms with Crippen molar-refractivity contribution in [1.29, 1.82) is 0 Å². The van der Waals surface area contributed by atoms with Crippen LogP contribution in [0.5, 0.6) is 11.6 Å². The van der Waals surface area contributed by atoms with E-state index in [2.05, 4.69) is 20.3 Å². The van der Waals surface area contributed by atoms with Gasteiger partial charge in [-0.3, -0.25) is 9.36 Å². The van der Waals surface area contributed by atoms with Crippen LogP contribution in [0.3, 0.4) is 0 Å². The van der Waals surface area contributed by atoms with Crippen LogP contribution in [0.25, 0.3) is 5.82 Å². The van der Waals surface area contributed by atoms with E-state index in [1.165, 1.54) is 6.33 Å². The number of nitrogens with zero attached hydrogens (tertiary/aromatic N) is 4. The summed E-state index contributed by atoms with van der Waals surface area (Å²) in [6.07, 6.45) is 5.49. The Hall–Kier alpha value is -3.22. The third kappa shape index (κ3) is 4.44. The molecule has 0 unspecified atom stereocenters. The normalized spacial score (nSPS) is 10.8. The van der Waals surface area contributed by atoms with Gasteiger partial charge in [-0.1, -0.05) is 13.8 Å². The number of aryl methyl sites for hydroxylation is 1. The number of aromatic nitrogens is 4. The molecule has 3 aromatic rings. The minimum Gasteiger partial charge on any atom is -0.439 e. The fourth-order valence-corrected chi connectivity index (χ4v) is 2.45. The highest BCUT2D eigenvalue weighted by Crippen LogP contribution is 2.23. The summed E-state index contributed by atoms with van der Waals surface area (Å²) >= 11 is 0. The monoisotopic (exact) mass is 351 g/mol. The van der Waals surface area contributed by atoms with E-state index in [4.69, 9.17) is 4.74 Å². The first-order valence-corrected chi connectivity index (χ1v) is 8.41. The molecule has 0 aliphatic carbocycles. The molecule has 0 aliphatic heterocycles. The molecule has 0 radical (unpaired) electrons. The molecule has 0 saturated carbocycles. The van der Waals surface area contributed by atoms with Crippen molar-refractivity contribution in [2.24, 2.45) is 5.92 Å². The van der Waals surface area contributed by atoms with Crippen molar-refractivity contribution < 1.29 is 9.53 Å². The van der Waals surface area contributed by atoms with Crippen molar-refractivity contribution >= 4 is 11.6 Å². The average Bonchev–Trinajstić information content (AvgIpc) is 3.02. The lowest BCUT2D eigenvalue weighted by molar-refractivity contribution is -0.116. The largest absolute Gasteiger partial charge is 0.439 e. The fraction of sp³-hybridized carbons (Fsp3) is 0.263. The number of imidazole rings is 1. The van der Waals surface area contributed by atoms with Crippen molar-refractivity contribution in [2.45, 2.75) is 27.2 Å². The fourth-order valence-electron chi connectivity index (χ4n) is 2.45. The van der Waals surface area contributed by atoms with Crippen LogP contribution < -0.4 is 10.1 Å². The van der Waals surface area contributed by atoms with Gasteiger partial charge < -0.3 is 10.1 Å². The second kappa shape index (κ2) is 7.77. The van der Waals surface area contributed by atoms with Gasteiger partial charge in [-0.2, -0.15) is 0 Å². The molecule has 0 saturated heterocycles. The van der Waals surface area contributed by atoms with Crippen molar-refractivity contribution in [1.82, 2.24) is 19.5 Å². The van der Waals surface area contributed by atoms with Crippen LogP contribution >= 0.6 is 0 Å². The zero-order chi connectivity index (χ0) is 18.5. The lowest BCUT2D eigenvalue weighted by Gasteiger charge is -2.09. The predicted octanol–water partition coefficient (Wildman–Crippen LogP) is 3.75. The van der Waals surface area contributed by atoms with E-state index in [1.807, 2.05) is 31.5 Å². The van der Waals surface area contributed by atoms with Gasteiger partial charge in [-0.15, -0.1) is 0 Å². The molecule has 1 N–H and O–H groups in total. The Balaban J connectivity index is 1.68. The van der Waals surface area contributed by atoms with Gasteiger partial charge in [0.15, 0.2) is 0 Å².